The molecule has 48 heavy (non-hydrogen) atoms. The molecular weight excluding hydrogens is 696 g/mol. The van der Waals surface area contributed by atoms with E-state index in [0.717, 1.165) is 18.2 Å². The minimum absolute atomic E-state index is 0.0375. The fourth-order valence-electron chi connectivity index (χ4n) is 4.54. The van der Waals surface area contributed by atoms with Crippen molar-refractivity contribution in [2.75, 3.05) is 19.5 Å². The van der Waals surface area contributed by atoms with Crippen molar-refractivity contribution in [1.29, 1.82) is 0 Å². The van der Waals surface area contributed by atoms with Crippen LogP contribution in [0.4, 0.5) is 13.2 Å². The number of ketones is 1. The summed E-state index contributed by atoms with van der Waals surface area (Å²) in [5.74, 6) is 1.37. The van der Waals surface area contributed by atoms with Crippen LogP contribution in [0.3, 0.4) is 0 Å². The molecule has 1 heterocycles. The van der Waals surface area contributed by atoms with Crippen LogP contribution in [0.1, 0.15) is 58.9 Å². The molecule has 1 aromatic carbocycles. The van der Waals surface area contributed by atoms with Crippen molar-refractivity contribution in [3.05, 3.63) is 70.1 Å². The minimum Gasteiger partial charge on any atom is -0.511 e. The summed E-state index contributed by atoms with van der Waals surface area (Å²) in [6.07, 6.45) is -0.605. The molecule has 264 valence electrons. The molecule has 0 aliphatic heterocycles. The van der Waals surface area contributed by atoms with E-state index in [1.807, 2.05) is 18.7 Å². The van der Waals surface area contributed by atoms with E-state index in [4.69, 9.17) is 37.5 Å². The van der Waals surface area contributed by atoms with Gasteiger partial charge >= 0.3 is 12.1 Å². The number of methoxy groups -OCH3 is 1. The fourth-order valence-corrected chi connectivity index (χ4v) is 5.80. The molecular formula is C33H39Cl2F3N2O7S. The third-order valence-electron chi connectivity index (χ3n) is 6.72. The predicted octanol–water partition coefficient (Wildman–Crippen LogP) is 9.33. The number of nitrogens with zero attached hydrogens (tertiary/aromatic N) is 2. The van der Waals surface area contributed by atoms with E-state index in [2.05, 4.69) is 28.7 Å². The molecule has 2 aromatic rings. The Balaban J connectivity index is 0.000000335. The second-order valence-electron chi connectivity index (χ2n) is 10.4. The number of oxime groups is 1. The summed E-state index contributed by atoms with van der Waals surface area (Å²) >= 11 is 13.1. The van der Waals surface area contributed by atoms with Crippen molar-refractivity contribution in [3.8, 4) is 17.4 Å². The zero-order valence-electron chi connectivity index (χ0n) is 27.2. The first kappa shape index (κ1) is 40.8. The number of rotatable bonds is 14. The average Bonchev–Trinajstić information content (AvgIpc) is 3.03. The molecule has 3 atom stereocenters. The second kappa shape index (κ2) is 20.2. The molecule has 1 aromatic heterocycles. The van der Waals surface area contributed by atoms with E-state index in [1.165, 1.54) is 43.8 Å². The number of Topliss-reactive ketones (excluding diaryl/α,β-unsaturated/α-hetero) is 1. The van der Waals surface area contributed by atoms with Crippen LogP contribution in [-0.4, -0.2) is 58.4 Å². The first-order valence-corrected chi connectivity index (χ1v) is 16.9. The molecule has 1 aliphatic rings. The van der Waals surface area contributed by atoms with Gasteiger partial charge in [-0.2, -0.15) is 24.9 Å². The Bertz CT molecular complexity index is 1450. The number of carbonyl (C=O) groups is 2. The van der Waals surface area contributed by atoms with Gasteiger partial charge in [0.1, 0.15) is 28.9 Å². The summed E-state index contributed by atoms with van der Waals surface area (Å²) < 4.78 is 53.0. The van der Waals surface area contributed by atoms with Gasteiger partial charge in [-0.3, -0.25) is 4.79 Å². The lowest BCUT2D eigenvalue weighted by molar-refractivity contribution is -0.148. The van der Waals surface area contributed by atoms with Crippen LogP contribution >= 0.6 is 35.0 Å². The molecule has 1 aliphatic carbocycles. The molecule has 9 nitrogen and oxygen atoms in total. The predicted molar refractivity (Wildman–Crippen MR) is 181 cm³/mol. The van der Waals surface area contributed by atoms with Gasteiger partial charge in [-0.05, 0) is 67.8 Å². The number of aromatic nitrogens is 1. The van der Waals surface area contributed by atoms with E-state index in [-0.39, 0.29) is 40.7 Å². The van der Waals surface area contributed by atoms with Crippen LogP contribution in [0.5, 0.6) is 17.4 Å². The fraction of sp³-hybridized carbons (Fsp3) is 0.455. The molecule has 0 amide bonds. The van der Waals surface area contributed by atoms with Crippen molar-refractivity contribution >= 4 is 52.4 Å². The molecule has 3 rings (SSSR count). The van der Waals surface area contributed by atoms with E-state index in [0.29, 0.717) is 47.7 Å². The molecule has 0 bridgehead atoms. The van der Waals surface area contributed by atoms with Gasteiger partial charge < -0.3 is 24.2 Å². The van der Waals surface area contributed by atoms with Crippen LogP contribution in [0.15, 0.2) is 64.6 Å². The Morgan fingerprint density at radius 3 is 2.40 bits per heavy atom. The summed E-state index contributed by atoms with van der Waals surface area (Å²) in [6.45, 7) is 7.96. The van der Waals surface area contributed by atoms with Crippen LogP contribution in [-0.2, 0) is 25.3 Å². The van der Waals surface area contributed by atoms with E-state index in [1.54, 1.807) is 6.08 Å². The SMILES string of the molecule is CCSC(C)CC1CC(=O)C(/C(CC)=N/OC/C=C/Cl)=C(O)C1.COC(=O)C(C)Oc1ccc(Oc2ncc(C(F)(F)F)cc2Cl)cc1. The molecule has 0 radical (unpaired) electrons. The number of thioether (sulfide) groups is 1. The number of aliphatic hydroxyl groups is 1. The monoisotopic (exact) mass is 734 g/mol. The van der Waals surface area contributed by atoms with Gasteiger partial charge in [0.05, 0.1) is 24.0 Å². The van der Waals surface area contributed by atoms with Crippen molar-refractivity contribution in [3.63, 3.8) is 0 Å². The van der Waals surface area contributed by atoms with Gasteiger partial charge in [0.25, 0.3) is 0 Å². The molecule has 0 saturated heterocycles. The highest BCUT2D eigenvalue weighted by molar-refractivity contribution is 7.99. The lowest BCUT2D eigenvalue weighted by Crippen LogP contribution is -2.26. The number of halogens is 5. The minimum atomic E-state index is -4.54. The second-order valence-corrected chi connectivity index (χ2v) is 12.8. The third-order valence-corrected chi connectivity index (χ3v) is 8.26. The number of hydrogen-bond acceptors (Lipinski definition) is 10. The maximum atomic E-state index is 12.6. The number of ether oxygens (including phenoxy) is 3. The number of pyridine rings is 1. The standard InChI is InChI=1S/C17H26ClNO3S.C16H13ClF3NO4/c1-4-14(19-22-8-6-7-18)17-15(20)10-13(11-16(17)21)9-12(3)23-5-2;1-9(15(22)23-2)24-11-3-5-12(6-4-11)25-14-13(17)7-10(8-21-14)16(18,19)20/h6-7,12-13,20H,4-5,8-11H2,1-3H3;3-9H,1-2H3/b7-6+,19-14+;. The Labute approximate surface area is 292 Å². The molecule has 3 unspecified atom stereocenters. The van der Waals surface area contributed by atoms with Crippen LogP contribution in [0, 0.1) is 5.92 Å². The molecule has 1 N–H and O–H groups in total. The Morgan fingerprint density at radius 1 is 1.19 bits per heavy atom. The third kappa shape index (κ3) is 13.2. The number of benzene rings is 1. The van der Waals surface area contributed by atoms with E-state index >= 15 is 0 Å². The number of esters is 1. The summed E-state index contributed by atoms with van der Waals surface area (Å²) in [7, 11) is 1.25. The number of carbonyl (C=O) groups excluding carboxylic acids is 2. The first-order chi connectivity index (χ1) is 22.7. The zero-order valence-corrected chi connectivity index (χ0v) is 29.5. The summed E-state index contributed by atoms with van der Waals surface area (Å²) in [4.78, 5) is 32.4. The normalized spacial score (nSPS) is 16.6. The van der Waals surface area contributed by atoms with Crippen LogP contribution in [0.2, 0.25) is 5.02 Å². The number of allylic oxidation sites excluding steroid dienone is 2. The van der Waals surface area contributed by atoms with Crippen molar-refractivity contribution < 1.29 is 46.9 Å². The lowest BCUT2D eigenvalue weighted by atomic mass is 9.82. The lowest BCUT2D eigenvalue weighted by Gasteiger charge is -2.25. The number of aliphatic hydroxyl groups excluding tert-OH is 1. The topological polar surface area (TPSA) is 117 Å². The van der Waals surface area contributed by atoms with Crippen LogP contribution in [0.25, 0.3) is 0 Å². The Kier molecular flexibility index (Phi) is 17.1. The average molecular weight is 736 g/mol. The number of alkyl halides is 3. The largest absolute Gasteiger partial charge is 0.511 e. The van der Waals surface area contributed by atoms with Crippen molar-refractivity contribution in [2.24, 2.45) is 11.1 Å². The zero-order chi connectivity index (χ0) is 35.9. The highest BCUT2D eigenvalue weighted by atomic mass is 35.5. The number of hydrogen-bond donors (Lipinski definition) is 1. The molecule has 0 saturated carbocycles. The van der Waals surface area contributed by atoms with E-state index < -0.39 is 23.8 Å². The first-order valence-electron chi connectivity index (χ1n) is 15.0. The summed E-state index contributed by atoms with van der Waals surface area (Å²) in [5.41, 5.74) is 1.23. The van der Waals surface area contributed by atoms with Crippen molar-refractivity contribution in [2.45, 2.75) is 70.9 Å². The molecule has 0 fully saturated rings. The Hall–Kier alpha value is -3.42. The van der Waals surface area contributed by atoms with Gasteiger partial charge in [-0.25, -0.2) is 9.78 Å². The van der Waals surface area contributed by atoms with Gasteiger partial charge in [0, 0.05) is 29.8 Å². The molecule has 15 heteroatoms. The summed E-state index contributed by atoms with van der Waals surface area (Å²) in [6, 6.07) is 6.77. The van der Waals surface area contributed by atoms with Gasteiger partial charge in [0.2, 0.25) is 5.88 Å². The molecule has 0 spiro atoms. The maximum absolute atomic E-state index is 12.6. The van der Waals surface area contributed by atoms with Gasteiger partial charge in [-0.1, -0.05) is 49.1 Å². The Morgan fingerprint density at radius 2 is 1.85 bits per heavy atom. The van der Waals surface area contributed by atoms with E-state index in [9.17, 15) is 27.9 Å². The van der Waals surface area contributed by atoms with Crippen LogP contribution < -0.4 is 9.47 Å². The smallest absolute Gasteiger partial charge is 0.417 e. The quantitative estimate of drug-likeness (QED) is 0.0877. The highest BCUT2D eigenvalue weighted by Crippen LogP contribution is 2.35. The summed E-state index contributed by atoms with van der Waals surface area (Å²) in [5, 5.41) is 14.5. The van der Waals surface area contributed by atoms with Gasteiger partial charge in [0.15, 0.2) is 11.9 Å². The highest BCUT2D eigenvalue weighted by Gasteiger charge is 2.32. The maximum Gasteiger partial charge on any atom is 0.417 e. The van der Waals surface area contributed by atoms with Gasteiger partial charge in [-0.15, -0.1) is 0 Å². The van der Waals surface area contributed by atoms with Crippen molar-refractivity contribution in [1.82, 2.24) is 4.98 Å².